The molecule has 2 aromatic rings. The number of amides is 2. The van der Waals surface area contributed by atoms with Crippen molar-refractivity contribution < 1.29 is 14.3 Å². The second kappa shape index (κ2) is 9.66. The Hall–Kier alpha value is -2.64. The number of carbonyl (C=O) groups is 2. The van der Waals surface area contributed by atoms with Gasteiger partial charge in [-0.2, -0.15) is 0 Å². The quantitative estimate of drug-likeness (QED) is 0.471. The molecule has 4 rings (SSSR count). The minimum atomic E-state index is -0.114. The SMILES string of the molecule is COc1ccccc1C=C1SC(=S)N(CCCC(=O)N2CCCc3ccccc32)C1=O. The number of methoxy groups -OCH3 is 1. The van der Waals surface area contributed by atoms with Crippen LogP contribution in [0.4, 0.5) is 5.69 Å². The molecular weight excluding hydrogens is 428 g/mol. The molecule has 0 unspecified atom stereocenters. The average molecular weight is 453 g/mol. The van der Waals surface area contributed by atoms with E-state index in [2.05, 4.69) is 6.07 Å². The van der Waals surface area contributed by atoms with Crippen LogP contribution in [0.2, 0.25) is 0 Å². The minimum Gasteiger partial charge on any atom is -0.496 e. The summed E-state index contributed by atoms with van der Waals surface area (Å²) >= 11 is 6.72. The Morgan fingerprint density at radius 1 is 1.19 bits per heavy atom. The number of thiocarbonyl (C=S) groups is 1. The van der Waals surface area contributed by atoms with Crippen LogP contribution in [0.15, 0.2) is 53.4 Å². The molecule has 2 aliphatic heterocycles. The second-order valence-electron chi connectivity index (χ2n) is 7.46. The van der Waals surface area contributed by atoms with E-state index in [1.807, 2.05) is 53.4 Å². The maximum absolute atomic E-state index is 12.9. The number of rotatable bonds is 6. The highest BCUT2D eigenvalue weighted by atomic mass is 32.2. The van der Waals surface area contributed by atoms with Crippen LogP contribution in [0.1, 0.15) is 30.4 Å². The van der Waals surface area contributed by atoms with Crippen molar-refractivity contribution in [2.45, 2.75) is 25.7 Å². The zero-order valence-corrected chi connectivity index (χ0v) is 19.0. The van der Waals surface area contributed by atoms with Crippen molar-refractivity contribution in [2.75, 3.05) is 25.1 Å². The Balaban J connectivity index is 1.37. The Morgan fingerprint density at radius 3 is 2.81 bits per heavy atom. The molecule has 2 aromatic carbocycles. The number of hydrogen-bond donors (Lipinski definition) is 0. The molecule has 0 N–H and O–H groups in total. The molecule has 160 valence electrons. The van der Waals surface area contributed by atoms with Gasteiger partial charge in [0, 0.05) is 30.8 Å². The van der Waals surface area contributed by atoms with Crippen LogP contribution in [0, 0.1) is 0 Å². The number of hydrogen-bond acceptors (Lipinski definition) is 5. The number of nitrogens with zero attached hydrogens (tertiary/aromatic N) is 2. The van der Waals surface area contributed by atoms with E-state index in [1.165, 1.54) is 17.3 Å². The van der Waals surface area contributed by atoms with Crippen LogP contribution in [0.3, 0.4) is 0 Å². The van der Waals surface area contributed by atoms with Gasteiger partial charge in [-0.3, -0.25) is 14.5 Å². The monoisotopic (exact) mass is 452 g/mol. The summed E-state index contributed by atoms with van der Waals surface area (Å²) in [6, 6.07) is 15.6. The first-order valence-corrected chi connectivity index (χ1v) is 11.6. The van der Waals surface area contributed by atoms with E-state index in [0.29, 0.717) is 34.4 Å². The zero-order chi connectivity index (χ0) is 21.8. The summed E-state index contributed by atoms with van der Waals surface area (Å²) in [4.78, 5) is 29.8. The van der Waals surface area contributed by atoms with Crippen LogP contribution in [-0.4, -0.2) is 41.2 Å². The first-order chi connectivity index (χ1) is 15.1. The highest BCUT2D eigenvalue weighted by Gasteiger charge is 2.32. The van der Waals surface area contributed by atoms with Gasteiger partial charge >= 0.3 is 0 Å². The Morgan fingerprint density at radius 2 is 1.97 bits per heavy atom. The first kappa shape index (κ1) is 21.6. The fourth-order valence-electron chi connectivity index (χ4n) is 3.94. The van der Waals surface area contributed by atoms with Crippen molar-refractivity contribution in [3.05, 3.63) is 64.6 Å². The standard InChI is InChI=1S/C24H24N2O3S2/c1-29-20-12-5-3-9-18(20)16-21-23(28)26(24(30)31-21)15-7-13-22(27)25-14-6-10-17-8-2-4-11-19(17)25/h2-5,8-9,11-12,16H,6-7,10,13-15H2,1H3. The van der Waals surface area contributed by atoms with Gasteiger partial charge in [-0.25, -0.2) is 0 Å². The lowest BCUT2D eigenvalue weighted by Crippen LogP contribution is -2.36. The van der Waals surface area contributed by atoms with Crippen LogP contribution < -0.4 is 9.64 Å². The van der Waals surface area contributed by atoms with Crippen LogP contribution in [-0.2, 0) is 16.0 Å². The van der Waals surface area contributed by atoms with Gasteiger partial charge in [0.05, 0.1) is 12.0 Å². The van der Waals surface area contributed by atoms with Gasteiger partial charge in [0.15, 0.2) is 0 Å². The molecule has 0 atom stereocenters. The maximum Gasteiger partial charge on any atom is 0.266 e. The number of anilines is 1. The summed E-state index contributed by atoms with van der Waals surface area (Å²) < 4.78 is 5.89. The molecule has 5 nitrogen and oxygen atoms in total. The molecule has 0 aromatic heterocycles. The summed E-state index contributed by atoms with van der Waals surface area (Å²) in [5.41, 5.74) is 3.08. The van der Waals surface area contributed by atoms with Crippen molar-refractivity contribution in [3.8, 4) is 5.75 Å². The summed E-state index contributed by atoms with van der Waals surface area (Å²) in [6.07, 6.45) is 4.76. The molecule has 31 heavy (non-hydrogen) atoms. The summed E-state index contributed by atoms with van der Waals surface area (Å²) in [5, 5.41) is 0. The van der Waals surface area contributed by atoms with Gasteiger partial charge in [0.2, 0.25) is 5.91 Å². The molecular formula is C24H24N2O3S2. The fraction of sp³-hybridized carbons (Fsp3) is 0.292. The van der Waals surface area contributed by atoms with Crippen molar-refractivity contribution in [2.24, 2.45) is 0 Å². The lowest BCUT2D eigenvalue weighted by molar-refractivity contribution is -0.123. The second-order valence-corrected chi connectivity index (χ2v) is 9.13. The van der Waals surface area contributed by atoms with Crippen molar-refractivity contribution >= 4 is 51.9 Å². The molecule has 1 saturated heterocycles. The lowest BCUT2D eigenvalue weighted by atomic mass is 10.0. The molecule has 0 radical (unpaired) electrons. The van der Waals surface area contributed by atoms with Crippen molar-refractivity contribution in [3.63, 3.8) is 0 Å². The average Bonchev–Trinajstić information content (AvgIpc) is 3.06. The van der Waals surface area contributed by atoms with E-state index < -0.39 is 0 Å². The van der Waals surface area contributed by atoms with Crippen molar-refractivity contribution in [1.29, 1.82) is 0 Å². The Bertz CT molecular complexity index is 1050. The summed E-state index contributed by atoms with van der Waals surface area (Å²) in [5.74, 6) is 0.694. The first-order valence-electron chi connectivity index (χ1n) is 10.3. The molecule has 0 aliphatic carbocycles. The summed E-state index contributed by atoms with van der Waals surface area (Å²) in [7, 11) is 1.61. The highest BCUT2D eigenvalue weighted by molar-refractivity contribution is 8.26. The van der Waals surface area contributed by atoms with Crippen molar-refractivity contribution in [1.82, 2.24) is 4.90 Å². The fourth-order valence-corrected chi connectivity index (χ4v) is 5.24. The number of fused-ring (bicyclic) bond motifs is 1. The van der Waals surface area contributed by atoms with Crippen LogP contribution >= 0.6 is 24.0 Å². The normalized spacial score (nSPS) is 17.3. The molecule has 0 spiro atoms. The molecule has 2 amide bonds. The molecule has 2 aliphatic rings. The van der Waals surface area contributed by atoms with Gasteiger partial charge in [0.25, 0.3) is 5.91 Å². The van der Waals surface area contributed by atoms with Gasteiger partial charge < -0.3 is 9.64 Å². The summed E-state index contributed by atoms with van der Waals surface area (Å²) in [6.45, 7) is 1.19. The molecule has 0 bridgehead atoms. The maximum atomic E-state index is 12.9. The van der Waals surface area contributed by atoms with Gasteiger partial charge in [-0.1, -0.05) is 60.4 Å². The van der Waals surface area contributed by atoms with E-state index in [-0.39, 0.29) is 11.8 Å². The third kappa shape index (κ3) is 4.67. The number of benzene rings is 2. The smallest absolute Gasteiger partial charge is 0.266 e. The minimum absolute atomic E-state index is 0.0992. The van der Waals surface area contributed by atoms with E-state index in [1.54, 1.807) is 12.0 Å². The predicted octanol–water partition coefficient (Wildman–Crippen LogP) is 4.66. The van der Waals surface area contributed by atoms with Gasteiger partial charge in [0.1, 0.15) is 10.1 Å². The molecule has 7 heteroatoms. The largest absolute Gasteiger partial charge is 0.496 e. The Labute approximate surface area is 192 Å². The number of aryl methyl sites for hydroxylation is 1. The molecule has 2 heterocycles. The predicted molar refractivity (Wildman–Crippen MR) is 129 cm³/mol. The van der Waals surface area contributed by atoms with E-state index in [0.717, 1.165) is 30.6 Å². The van der Waals surface area contributed by atoms with Gasteiger partial charge in [-0.05, 0) is 43.0 Å². The number of thioether (sulfide) groups is 1. The van der Waals surface area contributed by atoms with Crippen LogP contribution in [0.5, 0.6) is 5.75 Å². The number of carbonyl (C=O) groups excluding carboxylic acids is 2. The topological polar surface area (TPSA) is 49.9 Å². The van der Waals surface area contributed by atoms with E-state index in [4.69, 9.17) is 17.0 Å². The van der Waals surface area contributed by atoms with E-state index >= 15 is 0 Å². The number of ether oxygens (including phenoxy) is 1. The molecule has 1 fully saturated rings. The van der Waals surface area contributed by atoms with Crippen LogP contribution in [0.25, 0.3) is 6.08 Å². The third-order valence-electron chi connectivity index (χ3n) is 5.48. The van der Waals surface area contributed by atoms with Gasteiger partial charge in [-0.15, -0.1) is 0 Å². The number of para-hydroxylation sites is 2. The third-order valence-corrected chi connectivity index (χ3v) is 6.86. The zero-order valence-electron chi connectivity index (χ0n) is 17.4. The van der Waals surface area contributed by atoms with E-state index in [9.17, 15) is 9.59 Å². The Kier molecular flexibility index (Phi) is 6.73. The highest BCUT2D eigenvalue weighted by Crippen LogP contribution is 2.34. The molecule has 0 saturated carbocycles. The lowest BCUT2D eigenvalue weighted by Gasteiger charge is -2.29.